The molecule has 1 saturated heterocycles. The maximum atomic E-state index is 12.1. The van der Waals surface area contributed by atoms with Crippen molar-refractivity contribution in [1.82, 2.24) is 15.3 Å². The number of rotatable bonds is 4. The normalized spacial score (nSPS) is 21.7. The predicted octanol–water partition coefficient (Wildman–Crippen LogP) is 2.14. The summed E-state index contributed by atoms with van der Waals surface area (Å²) in [5, 5.41) is 3.21. The fourth-order valence-electron chi connectivity index (χ4n) is 3.27. The molecular formula is C16H24N4O. The average molecular weight is 288 g/mol. The van der Waals surface area contributed by atoms with E-state index in [2.05, 4.69) is 27.1 Å². The van der Waals surface area contributed by atoms with Gasteiger partial charge < -0.3 is 10.2 Å². The van der Waals surface area contributed by atoms with Crippen LogP contribution in [0.2, 0.25) is 0 Å². The molecule has 1 aromatic rings. The highest BCUT2D eigenvalue weighted by atomic mass is 16.1. The molecule has 1 aliphatic carbocycles. The largest absolute Gasteiger partial charge is 0.351 e. The minimum Gasteiger partial charge on any atom is -0.351 e. The standard InChI is InChI=1S/C16H24N4O/c1-16(6-2-7-16)19-14(21)12-13-4-10-20(11-5-13)15-17-8-3-9-18-15/h3,8-9,13H,2,4-7,10-12H2,1H3,(H,19,21). The van der Waals surface area contributed by atoms with Crippen LogP contribution in [0.1, 0.15) is 45.4 Å². The second-order valence-electron chi connectivity index (χ2n) is 6.65. The van der Waals surface area contributed by atoms with Crippen LogP contribution in [0.25, 0.3) is 0 Å². The molecule has 0 bridgehead atoms. The van der Waals surface area contributed by atoms with Gasteiger partial charge in [0.25, 0.3) is 0 Å². The van der Waals surface area contributed by atoms with Gasteiger partial charge in [0.1, 0.15) is 0 Å². The number of hydrogen-bond donors (Lipinski definition) is 1. The van der Waals surface area contributed by atoms with Crippen molar-refractivity contribution >= 4 is 11.9 Å². The molecule has 5 heteroatoms. The van der Waals surface area contributed by atoms with Crippen LogP contribution in [0.5, 0.6) is 0 Å². The van der Waals surface area contributed by atoms with E-state index in [0.717, 1.165) is 44.7 Å². The summed E-state index contributed by atoms with van der Waals surface area (Å²) in [4.78, 5) is 22.9. The smallest absolute Gasteiger partial charge is 0.225 e. The van der Waals surface area contributed by atoms with E-state index in [4.69, 9.17) is 0 Å². The first-order valence-corrected chi connectivity index (χ1v) is 7.98. The number of carbonyl (C=O) groups excluding carboxylic acids is 1. The van der Waals surface area contributed by atoms with Crippen LogP contribution in [0.15, 0.2) is 18.5 Å². The Morgan fingerprint density at radius 2 is 2.00 bits per heavy atom. The molecule has 1 saturated carbocycles. The van der Waals surface area contributed by atoms with E-state index in [1.165, 1.54) is 6.42 Å². The molecule has 2 heterocycles. The van der Waals surface area contributed by atoms with Gasteiger partial charge in [-0.25, -0.2) is 9.97 Å². The van der Waals surface area contributed by atoms with Gasteiger partial charge >= 0.3 is 0 Å². The van der Waals surface area contributed by atoms with Crippen LogP contribution in [-0.4, -0.2) is 34.5 Å². The lowest BCUT2D eigenvalue weighted by Gasteiger charge is -2.40. The maximum Gasteiger partial charge on any atom is 0.225 e. The summed E-state index contributed by atoms with van der Waals surface area (Å²) < 4.78 is 0. The van der Waals surface area contributed by atoms with Gasteiger partial charge in [-0.05, 0) is 51.0 Å². The molecule has 5 nitrogen and oxygen atoms in total. The molecule has 2 aliphatic rings. The predicted molar refractivity (Wildman–Crippen MR) is 82.0 cm³/mol. The summed E-state index contributed by atoms with van der Waals surface area (Å²) in [6, 6.07) is 1.83. The van der Waals surface area contributed by atoms with Crippen molar-refractivity contribution in [3.8, 4) is 0 Å². The van der Waals surface area contributed by atoms with Gasteiger partial charge in [-0.15, -0.1) is 0 Å². The monoisotopic (exact) mass is 288 g/mol. The van der Waals surface area contributed by atoms with Crippen LogP contribution >= 0.6 is 0 Å². The third-order valence-corrected chi connectivity index (χ3v) is 4.82. The van der Waals surface area contributed by atoms with E-state index in [1.54, 1.807) is 12.4 Å². The molecule has 1 amide bonds. The van der Waals surface area contributed by atoms with Gasteiger partial charge in [0.15, 0.2) is 0 Å². The number of carbonyl (C=O) groups is 1. The van der Waals surface area contributed by atoms with Gasteiger partial charge in [-0.3, -0.25) is 4.79 Å². The molecule has 1 aliphatic heterocycles. The highest BCUT2D eigenvalue weighted by molar-refractivity contribution is 5.77. The van der Waals surface area contributed by atoms with Crippen molar-refractivity contribution in [2.24, 2.45) is 5.92 Å². The van der Waals surface area contributed by atoms with Crippen LogP contribution < -0.4 is 10.2 Å². The second-order valence-corrected chi connectivity index (χ2v) is 6.65. The van der Waals surface area contributed by atoms with Crippen molar-refractivity contribution in [3.63, 3.8) is 0 Å². The van der Waals surface area contributed by atoms with Gasteiger partial charge in [0, 0.05) is 37.4 Å². The number of aromatic nitrogens is 2. The van der Waals surface area contributed by atoms with Crippen molar-refractivity contribution in [1.29, 1.82) is 0 Å². The molecule has 21 heavy (non-hydrogen) atoms. The fraction of sp³-hybridized carbons (Fsp3) is 0.688. The van der Waals surface area contributed by atoms with Gasteiger partial charge in [-0.1, -0.05) is 0 Å². The molecule has 0 atom stereocenters. The van der Waals surface area contributed by atoms with E-state index < -0.39 is 0 Å². The van der Waals surface area contributed by atoms with Crippen molar-refractivity contribution in [2.45, 2.75) is 51.0 Å². The zero-order chi connectivity index (χ0) is 14.7. The van der Waals surface area contributed by atoms with Gasteiger partial charge in [0.05, 0.1) is 0 Å². The topological polar surface area (TPSA) is 58.1 Å². The summed E-state index contributed by atoms with van der Waals surface area (Å²) in [5.41, 5.74) is 0.0790. The van der Waals surface area contributed by atoms with Crippen LogP contribution in [-0.2, 0) is 4.79 Å². The Labute approximate surface area is 126 Å². The van der Waals surface area contributed by atoms with Crippen LogP contribution in [0.3, 0.4) is 0 Å². The van der Waals surface area contributed by atoms with Crippen LogP contribution in [0.4, 0.5) is 5.95 Å². The molecule has 0 aromatic carbocycles. The molecule has 0 unspecified atom stereocenters. The Kier molecular flexibility index (Phi) is 4.08. The van der Waals surface area contributed by atoms with E-state index in [0.29, 0.717) is 12.3 Å². The first-order chi connectivity index (χ1) is 10.1. The van der Waals surface area contributed by atoms with E-state index in [1.807, 2.05) is 6.07 Å². The first kappa shape index (κ1) is 14.3. The molecule has 0 radical (unpaired) electrons. The molecular weight excluding hydrogens is 264 g/mol. The summed E-state index contributed by atoms with van der Waals surface area (Å²) >= 11 is 0. The maximum absolute atomic E-state index is 12.1. The summed E-state index contributed by atoms with van der Waals surface area (Å²) in [7, 11) is 0. The summed E-state index contributed by atoms with van der Waals surface area (Å²) in [6.07, 6.45) is 9.81. The van der Waals surface area contributed by atoms with E-state index in [9.17, 15) is 4.79 Å². The molecule has 0 spiro atoms. The van der Waals surface area contributed by atoms with Crippen molar-refractivity contribution in [3.05, 3.63) is 18.5 Å². The third-order valence-electron chi connectivity index (χ3n) is 4.82. The van der Waals surface area contributed by atoms with E-state index in [-0.39, 0.29) is 11.4 Å². The minimum atomic E-state index is 0.0790. The Morgan fingerprint density at radius 3 is 2.57 bits per heavy atom. The second kappa shape index (κ2) is 6.00. The Balaban J connectivity index is 1.44. The van der Waals surface area contributed by atoms with Crippen molar-refractivity contribution < 1.29 is 4.79 Å². The van der Waals surface area contributed by atoms with Gasteiger partial charge in [-0.2, -0.15) is 0 Å². The van der Waals surface area contributed by atoms with E-state index >= 15 is 0 Å². The molecule has 1 N–H and O–H groups in total. The first-order valence-electron chi connectivity index (χ1n) is 7.98. The zero-order valence-corrected chi connectivity index (χ0v) is 12.7. The average Bonchev–Trinajstić information content (AvgIpc) is 2.47. The Morgan fingerprint density at radius 1 is 1.33 bits per heavy atom. The number of amides is 1. The quantitative estimate of drug-likeness (QED) is 0.922. The SMILES string of the molecule is CC1(NC(=O)CC2CCN(c3ncccn3)CC2)CCC1. The number of hydrogen-bond acceptors (Lipinski definition) is 4. The lowest BCUT2D eigenvalue weighted by Crippen LogP contribution is -2.51. The summed E-state index contributed by atoms with van der Waals surface area (Å²) in [5.74, 6) is 1.53. The highest BCUT2D eigenvalue weighted by Crippen LogP contribution is 2.31. The highest BCUT2D eigenvalue weighted by Gasteiger charge is 2.33. The number of nitrogens with one attached hydrogen (secondary N) is 1. The van der Waals surface area contributed by atoms with Crippen molar-refractivity contribution in [2.75, 3.05) is 18.0 Å². The zero-order valence-electron chi connectivity index (χ0n) is 12.7. The molecule has 2 fully saturated rings. The lowest BCUT2D eigenvalue weighted by atomic mass is 9.78. The molecule has 3 rings (SSSR count). The van der Waals surface area contributed by atoms with Crippen LogP contribution in [0, 0.1) is 5.92 Å². The number of nitrogens with zero attached hydrogens (tertiary/aromatic N) is 3. The number of anilines is 1. The van der Waals surface area contributed by atoms with Gasteiger partial charge in [0.2, 0.25) is 11.9 Å². The summed E-state index contributed by atoms with van der Waals surface area (Å²) in [6.45, 7) is 4.04. The Hall–Kier alpha value is -1.65. The minimum absolute atomic E-state index is 0.0790. The Bertz CT molecular complexity index is 478. The molecule has 114 valence electrons. The number of piperidine rings is 1. The third kappa shape index (κ3) is 3.52. The lowest BCUT2D eigenvalue weighted by molar-refractivity contribution is -0.124. The molecule has 1 aromatic heterocycles. The fourth-order valence-corrected chi connectivity index (χ4v) is 3.27.